The predicted molar refractivity (Wildman–Crippen MR) is 133 cm³/mol. The van der Waals surface area contributed by atoms with E-state index < -0.39 is 17.8 Å². The van der Waals surface area contributed by atoms with Crippen LogP contribution >= 0.6 is 11.6 Å². The number of nitrogens with zero attached hydrogens (tertiary/aromatic N) is 3. The van der Waals surface area contributed by atoms with Gasteiger partial charge in [0.05, 0.1) is 18.2 Å². The molecule has 8 nitrogen and oxygen atoms in total. The van der Waals surface area contributed by atoms with E-state index >= 15 is 0 Å². The molecule has 0 bridgehead atoms. The molecular weight excluding hydrogens is 487 g/mol. The maximum atomic E-state index is 13.2. The van der Waals surface area contributed by atoms with Crippen LogP contribution in [0.5, 0.6) is 0 Å². The molecular formula is C26H28ClFN4O4. The fourth-order valence-electron chi connectivity index (χ4n) is 4.43. The summed E-state index contributed by atoms with van der Waals surface area (Å²) in [4.78, 5) is 44.0. The van der Waals surface area contributed by atoms with Gasteiger partial charge in [-0.05, 0) is 48.9 Å². The van der Waals surface area contributed by atoms with Gasteiger partial charge in [0.1, 0.15) is 5.82 Å². The Bertz CT molecular complexity index is 1180. The zero-order valence-electron chi connectivity index (χ0n) is 20.2. The van der Waals surface area contributed by atoms with Gasteiger partial charge in [-0.25, -0.2) is 14.0 Å². The van der Waals surface area contributed by atoms with Crippen LogP contribution in [0, 0.1) is 5.82 Å². The second-order valence-electron chi connectivity index (χ2n) is 8.65. The van der Waals surface area contributed by atoms with Crippen LogP contribution in [0.25, 0.3) is 0 Å². The molecule has 2 aliphatic rings. The van der Waals surface area contributed by atoms with Crippen LogP contribution in [-0.4, -0.2) is 79.0 Å². The third kappa shape index (κ3) is 5.52. The number of carbonyl (C=O) groups is 3. The van der Waals surface area contributed by atoms with E-state index in [-0.39, 0.29) is 18.5 Å². The molecule has 0 unspecified atom stereocenters. The minimum absolute atomic E-state index is 0.156. The standard InChI is InChI=1S/C26H28ClFN4O4/c1-3-36-25(34)22-21(30(2)26(35)29-23(22)18-5-4-6-19(27)15-18)16-31-11-13-32(14-12-31)24(33)17-7-9-20(28)10-8-17/h4-10,15,23H,3,11-14,16H2,1-2H3,(H,29,35)/t23-/m0/s1. The van der Waals surface area contributed by atoms with Gasteiger partial charge < -0.3 is 15.0 Å². The molecule has 3 amide bonds. The van der Waals surface area contributed by atoms with E-state index in [9.17, 15) is 18.8 Å². The zero-order chi connectivity index (χ0) is 25.8. The number of halogens is 2. The van der Waals surface area contributed by atoms with Crippen molar-refractivity contribution < 1.29 is 23.5 Å². The van der Waals surface area contributed by atoms with Crippen LogP contribution in [0.2, 0.25) is 5.02 Å². The van der Waals surface area contributed by atoms with Crippen molar-refractivity contribution in [1.29, 1.82) is 0 Å². The van der Waals surface area contributed by atoms with Crippen molar-refractivity contribution in [2.24, 2.45) is 0 Å². The van der Waals surface area contributed by atoms with Gasteiger partial charge in [0.2, 0.25) is 0 Å². The van der Waals surface area contributed by atoms with Gasteiger partial charge in [0, 0.05) is 56.1 Å². The largest absolute Gasteiger partial charge is 0.463 e. The van der Waals surface area contributed by atoms with Gasteiger partial charge >= 0.3 is 12.0 Å². The molecule has 1 N–H and O–H groups in total. The number of carbonyl (C=O) groups excluding carboxylic acids is 3. The second-order valence-corrected chi connectivity index (χ2v) is 9.09. The van der Waals surface area contributed by atoms with E-state index in [4.69, 9.17) is 16.3 Å². The van der Waals surface area contributed by atoms with Crippen LogP contribution in [0.1, 0.15) is 28.9 Å². The molecule has 0 spiro atoms. The normalized spacial score (nSPS) is 18.8. The third-order valence-corrected chi connectivity index (χ3v) is 6.61. The van der Waals surface area contributed by atoms with E-state index in [0.29, 0.717) is 60.1 Å². The van der Waals surface area contributed by atoms with Gasteiger partial charge in [0.15, 0.2) is 0 Å². The molecule has 4 rings (SSSR count). The minimum atomic E-state index is -0.706. The number of benzene rings is 2. The molecule has 0 radical (unpaired) electrons. The lowest BCUT2D eigenvalue weighted by Gasteiger charge is -2.39. The molecule has 0 aliphatic carbocycles. The highest BCUT2D eigenvalue weighted by Gasteiger charge is 2.38. The Morgan fingerprint density at radius 2 is 1.81 bits per heavy atom. The first-order chi connectivity index (χ1) is 17.3. The zero-order valence-corrected chi connectivity index (χ0v) is 20.9. The van der Waals surface area contributed by atoms with Crippen molar-refractivity contribution in [3.8, 4) is 0 Å². The number of urea groups is 1. The number of amides is 3. The SMILES string of the molecule is CCOC(=O)C1=C(CN2CCN(C(=O)c3ccc(F)cc3)CC2)N(C)C(=O)N[C@H]1c1cccc(Cl)c1. The Hall–Kier alpha value is -3.43. The van der Waals surface area contributed by atoms with Crippen molar-refractivity contribution in [2.75, 3.05) is 46.4 Å². The number of esters is 1. The lowest BCUT2D eigenvalue weighted by molar-refractivity contribution is -0.139. The number of hydrogen-bond acceptors (Lipinski definition) is 5. The van der Waals surface area contributed by atoms with Gasteiger partial charge in [-0.3, -0.25) is 14.6 Å². The number of rotatable bonds is 6. The molecule has 2 aliphatic heterocycles. The molecule has 1 atom stereocenters. The molecule has 0 aromatic heterocycles. The highest BCUT2D eigenvalue weighted by molar-refractivity contribution is 6.30. The molecule has 2 heterocycles. The van der Waals surface area contributed by atoms with E-state index in [0.717, 1.165) is 0 Å². The Balaban J connectivity index is 1.56. The number of piperazine rings is 1. The van der Waals surface area contributed by atoms with Crippen molar-refractivity contribution in [3.05, 3.63) is 81.8 Å². The average Bonchev–Trinajstić information content (AvgIpc) is 2.87. The fraction of sp³-hybridized carbons (Fsp3) is 0.346. The molecule has 1 saturated heterocycles. The van der Waals surface area contributed by atoms with Gasteiger partial charge in [-0.1, -0.05) is 23.7 Å². The second kappa shape index (κ2) is 11.1. The van der Waals surface area contributed by atoms with Crippen molar-refractivity contribution >= 4 is 29.5 Å². The topological polar surface area (TPSA) is 82.2 Å². The maximum Gasteiger partial charge on any atom is 0.338 e. The van der Waals surface area contributed by atoms with E-state index in [2.05, 4.69) is 10.2 Å². The van der Waals surface area contributed by atoms with Crippen LogP contribution in [0.4, 0.5) is 9.18 Å². The smallest absolute Gasteiger partial charge is 0.338 e. The Morgan fingerprint density at radius 3 is 2.44 bits per heavy atom. The highest BCUT2D eigenvalue weighted by Crippen LogP contribution is 2.32. The van der Waals surface area contributed by atoms with Crippen LogP contribution < -0.4 is 5.32 Å². The first-order valence-electron chi connectivity index (χ1n) is 11.8. The minimum Gasteiger partial charge on any atom is -0.463 e. The molecule has 1 fully saturated rings. The maximum absolute atomic E-state index is 13.2. The first kappa shape index (κ1) is 25.7. The quantitative estimate of drug-likeness (QED) is 0.597. The van der Waals surface area contributed by atoms with Crippen LogP contribution in [-0.2, 0) is 9.53 Å². The van der Waals surface area contributed by atoms with E-state index in [1.807, 2.05) is 0 Å². The molecule has 2 aromatic carbocycles. The summed E-state index contributed by atoms with van der Waals surface area (Å²) in [7, 11) is 1.62. The summed E-state index contributed by atoms with van der Waals surface area (Å²) in [6, 6.07) is 11.5. The molecule has 36 heavy (non-hydrogen) atoms. The predicted octanol–water partition coefficient (Wildman–Crippen LogP) is 3.45. The van der Waals surface area contributed by atoms with Crippen molar-refractivity contribution in [2.45, 2.75) is 13.0 Å². The van der Waals surface area contributed by atoms with Crippen molar-refractivity contribution in [3.63, 3.8) is 0 Å². The van der Waals surface area contributed by atoms with Crippen LogP contribution in [0.3, 0.4) is 0 Å². The summed E-state index contributed by atoms with van der Waals surface area (Å²) in [5, 5.41) is 3.37. The summed E-state index contributed by atoms with van der Waals surface area (Å²) in [5.41, 5.74) is 2.01. The van der Waals surface area contributed by atoms with Crippen LogP contribution in [0.15, 0.2) is 59.8 Å². The molecule has 2 aromatic rings. The van der Waals surface area contributed by atoms with E-state index in [1.54, 1.807) is 43.1 Å². The lowest BCUT2D eigenvalue weighted by atomic mass is 9.94. The Labute approximate surface area is 214 Å². The molecule has 10 heteroatoms. The number of likely N-dealkylation sites (N-methyl/N-ethyl adjacent to an activating group) is 1. The van der Waals surface area contributed by atoms with Gasteiger partial charge in [0.25, 0.3) is 5.91 Å². The monoisotopic (exact) mass is 514 g/mol. The first-order valence-corrected chi connectivity index (χ1v) is 12.1. The number of nitrogens with one attached hydrogen (secondary N) is 1. The third-order valence-electron chi connectivity index (χ3n) is 6.38. The number of hydrogen-bond donors (Lipinski definition) is 1. The summed E-state index contributed by atoms with van der Waals surface area (Å²) >= 11 is 6.19. The number of ether oxygens (including phenoxy) is 1. The summed E-state index contributed by atoms with van der Waals surface area (Å²) in [6.07, 6.45) is 0. The lowest BCUT2D eigenvalue weighted by Crippen LogP contribution is -2.53. The van der Waals surface area contributed by atoms with Crippen molar-refractivity contribution in [1.82, 2.24) is 20.0 Å². The Kier molecular flexibility index (Phi) is 7.91. The fourth-order valence-corrected chi connectivity index (χ4v) is 4.63. The van der Waals surface area contributed by atoms with E-state index in [1.165, 1.54) is 29.2 Å². The molecule has 190 valence electrons. The average molecular weight is 515 g/mol. The molecule has 0 saturated carbocycles. The van der Waals surface area contributed by atoms with Gasteiger partial charge in [-0.15, -0.1) is 0 Å². The highest BCUT2D eigenvalue weighted by atomic mass is 35.5. The summed E-state index contributed by atoms with van der Waals surface area (Å²) in [5.74, 6) is -1.05. The summed E-state index contributed by atoms with van der Waals surface area (Å²) < 4.78 is 18.6. The summed E-state index contributed by atoms with van der Waals surface area (Å²) in [6.45, 7) is 4.27. The van der Waals surface area contributed by atoms with Gasteiger partial charge in [-0.2, -0.15) is 0 Å². The Morgan fingerprint density at radius 1 is 1.11 bits per heavy atom.